The lowest BCUT2D eigenvalue weighted by Crippen LogP contribution is -2.48. The van der Waals surface area contributed by atoms with Gasteiger partial charge in [0.05, 0.1) is 10.8 Å². The summed E-state index contributed by atoms with van der Waals surface area (Å²) in [6.07, 6.45) is 2.62. The Bertz CT molecular complexity index is 477. The second-order valence-corrected chi connectivity index (χ2v) is 7.49. The van der Waals surface area contributed by atoms with Crippen LogP contribution in [-0.4, -0.2) is 22.3 Å². The third kappa shape index (κ3) is 1.24. The van der Waals surface area contributed by atoms with Crippen molar-refractivity contribution in [2.75, 3.05) is 0 Å². The Morgan fingerprint density at radius 3 is 1.47 bits per heavy atom. The van der Waals surface area contributed by atoms with Gasteiger partial charge in [-0.3, -0.25) is 14.5 Å². The van der Waals surface area contributed by atoms with E-state index in [-0.39, 0.29) is 11.8 Å². The minimum atomic E-state index is -0.564. The summed E-state index contributed by atoms with van der Waals surface area (Å²) in [5.41, 5.74) is 0.515. The maximum absolute atomic E-state index is 13.0. The number of likely N-dealkylation sites (tertiary alicyclic amines) is 1. The van der Waals surface area contributed by atoms with E-state index in [1.165, 1.54) is 4.90 Å². The molecule has 0 aromatic rings. The maximum Gasteiger partial charge on any atom is 0.237 e. The van der Waals surface area contributed by atoms with Crippen molar-refractivity contribution < 1.29 is 9.59 Å². The number of amides is 2. The molecular weight excluding hydrogens is 238 g/mol. The van der Waals surface area contributed by atoms with E-state index in [0.717, 1.165) is 11.1 Å². The smallest absolute Gasteiger partial charge is 0.237 e. The zero-order valence-electron chi connectivity index (χ0n) is 12.0. The molecule has 3 fully saturated rings. The van der Waals surface area contributed by atoms with Crippen LogP contribution in [-0.2, 0) is 9.59 Å². The molecule has 19 heavy (non-hydrogen) atoms. The van der Waals surface area contributed by atoms with Crippen LogP contribution in [0.15, 0.2) is 24.3 Å². The van der Waals surface area contributed by atoms with Crippen LogP contribution in [0.25, 0.3) is 0 Å². The molecule has 2 amide bonds. The zero-order chi connectivity index (χ0) is 14.2. The van der Waals surface area contributed by atoms with Crippen LogP contribution in [0, 0.1) is 10.8 Å². The number of allylic oxidation sites excluding steroid dienone is 2. The van der Waals surface area contributed by atoms with Gasteiger partial charge >= 0.3 is 0 Å². The average molecular weight is 259 g/mol. The third-order valence-corrected chi connectivity index (χ3v) is 5.02. The lowest BCUT2D eigenvalue weighted by Gasteiger charge is -2.33. The van der Waals surface area contributed by atoms with Gasteiger partial charge in [-0.1, -0.05) is 24.3 Å². The molecule has 3 nitrogen and oxygen atoms in total. The SMILES string of the molecule is C=C1CC23CC(=C)CC2(C1)C(=O)N(C(C)(C)C)C3=O. The molecule has 2 aliphatic carbocycles. The summed E-state index contributed by atoms with van der Waals surface area (Å²) in [5.74, 6) is 0.00426. The fourth-order valence-electron chi connectivity index (χ4n) is 4.48. The van der Waals surface area contributed by atoms with Crippen LogP contribution < -0.4 is 0 Å². The van der Waals surface area contributed by atoms with Crippen molar-refractivity contribution in [3.63, 3.8) is 0 Å². The second kappa shape index (κ2) is 3.20. The normalized spacial score (nSPS) is 38.2. The van der Waals surface area contributed by atoms with Crippen LogP contribution in [0.1, 0.15) is 46.5 Å². The minimum Gasteiger partial charge on any atom is -0.276 e. The Morgan fingerprint density at radius 1 is 0.895 bits per heavy atom. The first kappa shape index (κ1) is 12.6. The Labute approximate surface area is 114 Å². The summed E-state index contributed by atoms with van der Waals surface area (Å²) >= 11 is 0. The van der Waals surface area contributed by atoms with Crippen LogP contribution in [0.2, 0.25) is 0 Å². The standard InChI is InChI=1S/C16H21NO2/c1-10-6-15-8-11(2)9-16(15,7-10)13(19)17(12(15)18)14(3,4)5/h1-2,6-9H2,3-5H3. The van der Waals surface area contributed by atoms with Crippen molar-refractivity contribution in [3.05, 3.63) is 24.3 Å². The van der Waals surface area contributed by atoms with E-state index < -0.39 is 16.4 Å². The van der Waals surface area contributed by atoms with E-state index in [1.807, 2.05) is 20.8 Å². The predicted octanol–water partition coefficient (Wildman–Crippen LogP) is 2.83. The topological polar surface area (TPSA) is 37.4 Å². The van der Waals surface area contributed by atoms with Gasteiger partial charge in [-0.05, 0) is 46.5 Å². The molecule has 0 spiro atoms. The van der Waals surface area contributed by atoms with Gasteiger partial charge in [0.2, 0.25) is 11.8 Å². The first-order valence-corrected chi connectivity index (χ1v) is 6.86. The number of carbonyl (C=O) groups is 2. The summed E-state index contributed by atoms with van der Waals surface area (Å²) in [4.78, 5) is 27.4. The minimum absolute atomic E-state index is 0.00213. The van der Waals surface area contributed by atoms with Crippen LogP contribution in [0.5, 0.6) is 0 Å². The fraction of sp³-hybridized carbons (Fsp3) is 0.625. The lowest BCUT2D eigenvalue weighted by atomic mass is 9.70. The van der Waals surface area contributed by atoms with Crippen LogP contribution in [0.3, 0.4) is 0 Å². The van der Waals surface area contributed by atoms with E-state index in [9.17, 15) is 9.59 Å². The molecule has 3 aliphatic rings. The molecule has 0 aromatic carbocycles. The third-order valence-electron chi connectivity index (χ3n) is 5.02. The first-order valence-electron chi connectivity index (χ1n) is 6.86. The van der Waals surface area contributed by atoms with Gasteiger partial charge in [-0.15, -0.1) is 0 Å². The molecule has 0 radical (unpaired) electrons. The quantitative estimate of drug-likeness (QED) is 0.495. The Morgan fingerprint density at radius 2 is 1.21 bits per heavy atom. The van der Waals surface area contributed by atoms with Crippen molar-refractivity contribution in [1.29, 1.82) is 0 Å². The monoisotopic (exact) mass is 259 g/mol. The summed E-state index contributed by atoms with van der Waals surface area (Å²) in [7, 11) is 0. The molecule has 0 atom stereocenters. The Balaban J connectivity index is 2.19. The van der Waals surface area contributed by atoms with Gasteiger partial charge in [0.25, 0.3) is 0 Å². The molecule has 3 rings (SSSR count). The summed E-state index contributed by atoms with van der Waals surface area (Å²) in [6.45, 7) is 13.9. The summed E-state index contributed by atoms with van der Waals surface area (Å²) in [6, 6.07) is 0. The summed E-state index contributed by atoms with van der Waals surface area (Å²) in [5, 5.41) is 0. The molecule has 3 heteroatoms. The maximum atomic E-state index is 13.0. The van der Waals surface area contributed by atoms with E-state index in [4.69, 9.17) is 0 Å². The number of nitrogens with zero attached hydrogens (tertiary/aromatic N) is 1. The average Bonchev–Trinajstić information content (AvgIpc) is 2.68. The molecule has 0 N–H and O–H groups in total. The van der Waals surface area contributed by atoms with Gasteiger partial charge in [0.15, 0.2) is 0 Å². The highest BCUT2D eigenvalue weighted by Crippen LogP contribution is 2.70. The van der Waals surface area contributed by atoms with Gasteiger partial charge in [-0.2, -0.15) is 0 Å². The van der Waals surface area contributed by atoms with Crippen LogP contribution in [0.4, 0.5) is 0 Å². The van der Waals surface area contributed by atoms with Gasteiger partial charge in [-0.25, -0.2) is 0 Å². The molecule has 1 heterocycles. The number of hydrogen-bond acceptors (Lipinski definition) is 2. The molecule has 2 saturated carbocycles. The van der Waals surface area contributed by atoms with Crippen molar-refractivity contribution in [2.24, 2.45) is 10.8 Å². The van der Waals surface area contributed by atoms with E-state index in [1.54, 1.807) is 0 Å². The molecular formula is C16H21NO2. The van der Waals surface area contributed by atoms with Gasteiger partial charge in [0.1, 0.15) is 0 Å². The molecule has 1 aliphatic heterocycles. The largest absolute Gasteiger partial charge is 0.276 e. The fourth-order valence-corrected chi connectivity index (χ4v) is 4.48. The number of carbonyl (C=O) groups excluding carboxylic acids is 2. The Kier molecular flexibility index (Phi) is 2.13. The van der Waals surface area contributed by atoms with Gasteiger partial charge < -0.3 is 0 Å². The van der Waals surface area contributed by atoms with Crippen molar-refractivity contribution in [3.8, 4) is 0 Å². The molecule has 0 aromatic heterocycles. The van der Waals surface area contributed by atoms with E-state index in [2.05, 4.69) is 13.2 Å². The van der Waals surface area contributed by atoms with Crippen LogP contribution >= 0.6 is 0 Å². The highest BCUT2D eigenvalue weighted by Gasteiger charge is 2.75. The van der Waals surface area contributed by atoms with Crippen molar-refractivity contribution in [2.45, 2.75) is 52.0 Å². The predicted molar refractivity (Wildman–Crippen MR) is 73.2 cm³/mol. The van der Waals surface area contributed by atoms with E-state index >= 15 is 0 Å². The molecule has 1 saturated heterocycles. The molecule has 102 valence electrons. The first-order chi connectivity index (χ1) is 8.64. The van der Waals surface area contributed by atoms with E-state index in [0.29, 0.717) is 25.7 Å². The number of rotatable bonds is 0. The molecule has 0 unspecified atom stereocenters. The summed E-state index contributed by atoms with van der Waals surface area (Å²) < 4.78 is 0. The second-order valence-electron chi connectivity index (χ2n) is 7.49. The zero-order valence-corrected chi connectivity index (χ0v) is 12.0. The Hall–Kier alpha value is -1.38. The number of imide groups is 1. The van der Waals surface area contributed by atoms with Crippen molar-refractivity contribution >= 4 is 11.8 Å². The van der Waals surface area contributed by atoms with Crippen molar-refractivity contribution in [1.82, 2.24) is 4.90 Å². The molecule has 0 bridgehead atoms. The highest BCUT2D eigenvalue weighted by molar-refractivity contribution is 6.12. The van der Waals surface area contributed by atoms with Gasteiger partial charge in [0, 0.05) is 5.54 Å². The highest BCUT2D eigenvalue weighted by atomic mass is 16.2. The lowest BCUT2D eigenvalue weighted by molar-refractivity contribution is -0.147. The number of hydrogen-bond donors (Lipinski definition) is 0.